The highest BCUT2D eigenvalue weighted by atomic mass is 32.2. The van der Waals surface area contributed by atoms with Gasteiger partial charge in [-0.1, -0.05) is 99.2 Å². The molecule has 0 saturated carbocycles. The Morgan fingerprint density at radius 2 is 1.23 bits per heavy atom. The van der Waals surface area contributed by atoms with Crippen LogP contribution in [0.1, 0.15) is 84.6 Å². The fraction of sp³-hybridized carbons (Fsp3) is 0.245. The molecular weight excluding hydrogens is 784 g/mol. The van der Waals surface area contributed by atoms with Gasteiger partial charge in [-0.05, 0) is 116 Å². The van der Waals surface area contributed by atoms with E-state index in [4.69, 9.17) is 20.8 Å². The maximum atomic E-state index is 7.10. The lowest BCUT2D eigenvalue weighted by molar-refractivity contribution is 0.458. The van der Waals surface area contributed by atoms with E-state index < -0.39 is 0 Å². The summed E-state index contributed by atoms with van der Waals surface area (Å²) in [5.74, 6) is 5.26. The van der Waals surface area contributed by atoms with Crippen LogP contribution >= 0.6 is 23.1 Å². The van der Waals surface area contributed by atoms with Gasteiger partial charge in [0.2, 0.25) is 6.71 Å². The molecule has 0 bridgehead atoms. The highest BCUT2D eigenvalue weighted by molar-refractivity contribution is 8.01. The molecule has 2 aromatic heterocycles. The van der Waals surface area contributed by atoms with E-state index in [0.29, 0.717) is 0 Å². The average molecular weight is 832 g/mol. The molecule has 12 rings (SSSR count). The predicted octanol–water partition coefficient (Wildman–Crippen LogP) is 11.5. The smallest absolute Gasteiger partial charge is 0.273 e. The van der Waals surface area contributed by atoms with Crippen LogP contribution in [0.3, 0.4) is 0 Å². The molecule has 0 unspecified atom stereocenters. The zero-order valence-corrected chi connectivity index (χ0v) is 37.9. The van der Waals surface area contributed by atoms with Gasteiger partial charge in [-0.15, -0.1) is 23.1 Å². The summed E-state index contributed by atoms with van der Waals surface area (Å²) in [5.41, 5.74) is 14.0. The second-order valence-electron chi connectivity index (χ2n) is 20.6. The number of aromatic nitrogens is 1. The monoisotopic (exact) mass is 831 g/mol. The number of rotatable bonds is 0. The normalized spacial score (nSPS) is 15.2. The van der Waals surface area contributed by atoms with E-state index in [1.165, 1.54) is 74.7 Å². The Morgan fingerprint density at radius 1 is 0.590 bits per heavy atom. The summed E-state index contributed by atoms with van der Waals surface area (Å²) in [6, 6.07) is 36.3. The average Bonchev–Trinajstić information content (AvgIpc) is 3.76. The minimum Gasteiger partial charge on any atom is -0.458 e. The van der Waals surface area contributed by atoms with E-state index in [9.17, 15) is 0 Å². The topological polar surface area (TPSA) is 32.6 Å². The summed E-state index contributed by atoms with van der Waals surface area (Å²) in [5, 5.41) is 3.65. The van der Waals surface area contributed by atoms with Crippen molar-refractivity contribution in [1.29, 1.82) is 0 Å². The Hall–Kier alpha value is -5.30. The molecule has 0 aliphatic carbocycles. The summed E-state index contributed by atoms with van der Waals surface area (Å²) in [6.07, 6.45) is 0. The van der Waals surface area contributed by atoms with Crippen molar-refractivity contribution >= 4 is 101 Å². The van der Waals surface area contributed by atoms with Crippen LogP contribution in [0.5, 0.6) is 34.5 Å². The van der Waals surface area contributed by atoms with Crippen LogP contribution in [-0.2, 0) is 16.2 Å². The molecule has 4 aliphatic rings. The Bertz CT molecular complexity index is 3280. The molecule has 0 spiro atoms. The zero-order chi connectivity index (χ0) is 42.1. The maximum Gasteiger partial charge on any atom is 0.273 e. The fourth-order valence-electron chi connectivity index (χ4n) is 10.1. The van der Waals surface area contributed by atoms with Gasteiger partial charge in [0, 0.05) is 53.3 Å². The maximum absolute atomic E-state index is 7.10. The van der Waals surface area contributed by atoms with Gasteiger partial charge in [0.1, 0.15) is 34.5 Å². The number of thiophene rings is 1. The first-order chi connectivity index (χ1) is 29.0. The van der Waals surface area contributed by atoms with Crippen LogP contribution in [0.15, 0.2) is 109 Å². The minimum absolute atomic E-state index is 0.00165. The summed E-state index contributed by atoms with van der Waals surface area (Å²) in [6.45, 7) is 25.5. The zero-order valence-electron chi connectivity index (χ0n) is 36.3. The molecule has 0 atom stereocenters. The molecule has 8 aromatic rings. The van der Waals surface area contributed by atoms with Gasteiger partial charge in [0.15, 0.2) is 0 Å². The van der Waals surface area contributed by atoms with Gasteiger partial charge in [-0.3, -0.25) is 0 Å². The van der Waals surface area contributed by atoms with Crippen molar-refractivity contribution in [2.45, 2.75) is 83.5 Å². The van der Waals surface area contributed by atoms with Crippen LogP contribution in [0.2, 0.25) is 0 Å². The number of fused-ring (bicyclic) bond motifs is 12. The van der Waals surface area contributed by atoms with Gasteiger partial charge in [-0.2, -0.15) is 0 Å². The lowest BCUT2D eigenvalue weighted by atomic mass is 9.35. The van der Waals surface area contributed by atoms with Crippen molar-refractivity contribution < 1.29 is 14.2 Å². The van der Waals surface area contributed by atoms with E-state index >= 15 is 0 Å². The van der Waals surface area contributed by atoms with Crippen LogP contribution in [0.4, 0.5) is 0 Å². The second kappa shape index (κ2) is 12.4. The molecule has 4 aliphatic heterocycles. The number of hydrogen-bond acceptors (Lipinski definition) is 5. The third-order valence-electron chi connectivity index (χ3n) is 13.6. The molecule has 300 valence electrons. The van der Waals surface area contributed by atoms with Crippen LogP contribution in [-0.4, -0.2) is 23.6 Å². The van der Waals surface area contributed by atoms with Crippen molar-refractivity contribution in [1.82, 2.24) is 4.57 Å². The highest BCUT2D eigenvalue weighted by Gasteiger charge is 2.45. The lowest BCUT2D eigenvalue weighted by Gasteiger charge is -2.34. The van der Waals surface area contributed by atoms with Crippen molar-refractivity contribution in [3.05, 3.63) is 126 Å². The molecule has 4 nitrogen and oxygen atoms in total. The highest BCUT2D eigenvalue weighted by Crippen LogP contribution is 2.46. The van der Waals surface area contributed by atoms with Gasteiger partial charge in [0.25, 0.3) is 6.71 Å². The molecule has 6 heterocycles. The van der Waals surface area contributed by atoms with E-state index in [1.54, 1.807) is 0 Å². The van der Waals surface area contributed by atoms with Crippen molar-refractivity contribution in [3.63, 3.8) is 0 Å². The summed E-state index contributed by atoms with van der Waals surface area (Å²) in [4.78, 5) is 1.25. The lowest BCUT2D eigenvalue weighted by Crippen LogP contribution is -2.58. The Kier molecular flexibility index (Phi) is 7.63. The van der Waals surface area contributed by atoms with E-state index in [1.807, 2.05) is 29.2 Å². The SMILES string of the molecule is C=C1c2cc(C(C)(C)C)ccc2SCB2c3cc4c(cc3Oc3ccc5c6cc(C(C)(C)C)ccc6n1c5c32)Oc1cccc2c1B4c1sc3ccc(C(C)(C)C)cc3c1O2. The van der Waals surface area contributed by atoms with E-state index in [0.717, 1.165) is 56.8 Å². The van der Waals surface area contributed by atoms with Gasteiger partial charge in [0.05, 0.1) is 11.0 Å². The molecule has 0 saturated heterocycles. The molecule has 0 N–H and O–H groups in total. The fourth-order valence-corrected chi connectivity index (χ4v) is 12.6. The minimum atomic E-state index is -0.0424. The van der Waals surface area contributed by atoms with Crippen LogP contribution < -0.4 is 40.8 Å². The largest absolute Gasteiger partial charge is 0.458 e. The van der Waals surface area contributed by atoms with Gasteiger partial charge >= 0.3 is 0 Å². The first kappa shape index (κ1) is 37.5. The molecule has 0 amide bonds. The summed E-state index contributed by atoms with van der Waals surface area (Å²) >= 11 is 3.78. The van der Waals surface area contributed by atoms with Crippen LogP contribution in [0.25, 0.3) is 37.6 Å². The Balaban J connectivity index is 1.11. The summed E-state index contributed by atoms with van der Waals surface area (Å²) in [7, 11) is 0. The molecule has 0 radical (unpaired) electrons. The van der Waals surface area contributed by atoms with Crippen molar-refractivity contribution in [2.75, 3.05) is 5.65 Å². The molecule has 6 aromatic carbocycles. The predicted molar refractivity (Wildman–Crippen MR) is 262 cm³/mol. The molecule has 0 fully saturated rings. The Labute approximate surface area is 367 Å². The number of hydrogen-bond donors (Lipinski definition) is 0. The first-order valence-electron chi connectivity index (χ1n) is 21.5. The van der Waals surface area contributed by atoms with Gasteiger partial charge in [-0.25, -0.2) is 0 Å². The third kappa shape index (κ3) is 5.40. The number of thioether (sulfide) groups is 1. The Morgan fingerprint density at radius 3 is 1.97 bits per heavy atom. The van der Waals surface area contributed by atoms with Gasteiger partial charge < -0.3 is 18.8 Å². The molecule has 8 heteroatoms. The van der Waals surface area contributed by atoms with Crippen LogP contribution in [0, 0.1) is 0 Å². The molecular formula is C53H47B2NO3S2. The number of nitrogens with zero attached hydrogens (tertiary/aromatic N) is 1. The second-order valence-corrected chi connectivity index (χ2v) is 22.7. The van der Waals surface area contributed by atoms with E-state index in [2.05, 4.69) is 158 Å². The third-order valence-corrected chi connectivity index (χ3v) is 16.0. The standard InChI is InChI=1S/C53H47B2NO3S2/c1-28-33-22-30(52(5,6)7)15-20-44(33)60-27-54-36-25-37-43(26-42(36)58-41-19-17-32-34-23-29(51(2,3)4)14-18-38(34)56(28)48(32)47(41)54)57-39-12-11-13-40-46(39)55(37)50-49(59-40)35-24-31(53(8,9)10)16-21-45(35)61-50/h11-26H,1,27H2,2-10H3. The number of benzene rings is 6. The summed E-state index contributed by atoms with van der Waals surface area (Å²) < 4.78 is 25.7. The first-order valence-corrected chi connectivity index (χ1v) is 23.3. The quantitative estimate of drug-likeness (QED) is 0.143. The van der Waals surface area contributed by atoms with E-state index in [-0.39, 0.29) is 29.7 Å². The molecule has 61 heavy (non-hydrogen) atoms. The van der Waals surface area contributed by atoms with Crippen molar-refractivity contribution in [3.8, 4) is 34.5 Å². The van der Waals surface area contributed by atoms with Crippen molar-refractivity contribution in [2.24, 2.45) is 0 Å². The number of ether oxygens (including phenoxy) is 3.